The van der Waals surface area contributed by atoms with Crippen molar-refractivity contribution in [2.45, 2.75) is 12.2 Å². The Balaban J connectivity index is 2.24. The molecule has 1 aliphatic carbocycles. The second-order valence-corrected chi connectivity index (χ2v) is 4.09. The van der Waals surface area contributed by atoms with E-state index < -0.39 is 5.79 Å². The number of hydrogen-bond donors (Lipinski definition) is 4. The second-order valence-electron chi connectivity index (χ2n) is 4.09. The number of aliphatic hydroxyl groups excluding tert-OH is 1. The van der Waals surface area contributed by atoms with Crippen LogP contribution in [0.5, 0.6) is 5.75 Å². The molecule has 0 aliphatic heterocycles. The summed E-state index contributed by atoms with van der Waals surface area (Å²) >= 11 is 0. The van der Waals surface area contributed by atoms with Gasteiger partial charge in [0.1, 0.15) is 11.5 Å². The van der Waals surface area contributed by atoms with Crippen LogP contribution in [0, 0.1) is 11.8 Å². The zero-order valence-electron chi connectivity index (χ0n) is 9.46. The molecule has 0 fully saturated rings. The molecule has 0 aromatic heterocycles. The fraction of sp³-hybridized carbons (Fsp3) is 0.143. The summed E-state index contributed by atoms with van der Waals surface area (Å²) < 4.78 is 0. The van der Waals surface area contributed by atoms with Crippen molar-refractivity contribution in [2.24, 2.45) is 0 Å². The molecule has 4 N–H and O–H groups in total. The van der Waals surface area contributed by atoms with Crippen LogP contribution in [0.1, 0.15) is 12.0 Å². The van der Waals surface area contributed by atoms with Crippen molar-refractivity contribution in [2.75, 3.05) is 0 Å². The molecule has 1 aromatic rings. The zero-order chi connectivity index (χ0) is 13.2. The van der Waals surface area contributed by atoms with Crippen LogP contribution in [0.25, 0.3) is 0 Å². The normalized spacial score (nSPS) is 17.2. The summed E-state index contributed by atoms with van der Waals surface area (Å²) in [6.45, 7) is 0. The summed E-state index contributed by atoms with van der Waals surface area (Å²) in [5.74, 6) is 3.32. The molecule has 4 heteroatoms. The minimum atomic E-state index is -2.07. The van der Waals surface area contributed by atoms with E-state index in [4.69, 9.17) is 0 Å². The molecule has 0 saturated heterocycles. The van der Waals surface area contributed by atoms with E-state index in [-0.39, 0.29) is 17.9 Å². The van der Waals surface area contributed by atoms with Gasteiger partial charge >= 0.3 is 0 Å². The van der Waals surface area contributed by atoms with Crippen molar-refractivity contribution in [1.29, 1.82) is 0 Å². The van der Waals surface area contributed by atoms with Gasteiger partial charge in [0.15, 0.2) is 5.79 Å². The van der Waals surface area contributed by atoms with E-state index in [1.54, 1.807) is 12.1 Å². The van der Waals surface area contributed by atoms with Gasteiger partial charge in [0.05, 0.1) is 0 Å². The number of hydrogen-bond acceptors (Lipinski definition) is 4. The van der Waals surface area contributed by atoms with Crippen LogP contribution in [0.4, 0.5) is 0 Å². The van der Waals surface area contributed by atoms with Gasteiger partial charge in [-0.2, -0.15) is 0 Å². The van der Waals surface area contributed by atoms with Crippen LogP contribution in [0.15, 0.2) is 47.7 Å². The summed E-state index contributed by atoms with van der Waals surface area (Å²) in [5.41, 5.74) is 1.01. The monoisotopic (exact) mass is 244 g/mol. The van der Waals surface area contributed by atoms with E-state index in [1.165, 1.54) is 18.2 Å². The molecular weight excluding hydrogens is 232 g/mol. The van der Waals surface area contributed by atoms with Gasteiger partial charge in [0.25, 0.3) is 0 Å². The van der Waals surface area contributed by atoms with Crippen LogP contribution in [-0.4, -0.2) is 26.2 Å². The molecule has 4 nitrogen and oxygen atoms in total. The molecule has 0 amide bonds. The first-order valence-electron chi connectivity index (χ1n) is 5.33. The average Bonchev–Trinajstić information content (AvgIpc) is 2.24. The first kappa shape index (κ1) is 12.2. The topological polar surface area (TPSA) is 80.9 Å². The molecule has 0 spiro atoms. The Morgan fingerprint density at radius 1 is 1.11 bits per heavy atom. The van der Waals surface area contributed by atoms with Crippen molar-refractivity contribution in [3.05, 3.63) is 53.3 Å². The zero-order valence-corrected chi connectivity index (χ0v) is 9.46. The molecule has 0 radical (unpaired) electrons. The Kier molecular flexibility index (Phi) is 3.11. The highest BCUT2D eigenvalue weighted by atomic mass is 16.5. The fourth-order valence-corrected chi connectivity index (χ4v) is 1.66. The largest absolute Gasteiger partial charge is 0.508 e. The molecular formula is C14H12O4. The molecule has 2 rings (SSSR count). The predicted molar refractivity (Wildman–Crippen MR) is 65.6 cm³/mol. The predicted octanol–water partition coefficient (Wildman–Crippen LogP) is 1.20. The van der Waals surface area contributed by atoms with Gasteiger partial charge in [-0.05, 0) is 24.3 Å². The Bertz CT molecular complexity index is 585. The molecule has 1 aromatic carbocycles. The van der Waals surface area contributed by atoms with Gasteiger partial charge in [0.2, 0.25) is 0 Å². The third-order valence-electron chi connectivity index (χ3n) is 2.37. The van der Waals surface area contributed by atoms with Gasteiger partial charge in [-0.3, -0.25) is 0 Å². The molecule has 92 valence electrons. The van der Waals surface area contributed by atoms with E-state index in [0.717, 1.165) is 6.08 Å². The van der Waals surface area contributed by atoms with Crippen LogP contribution >= 0.6 is 0 Å². The molecule has 1 aliphatic rings. The molecule has 0 bridgehead atoms. The van der Waals surface area contributed by atoms with Crippen LogP contribution in [0.2, 0.25) is 0 Å². The number of allylic oxidation sites excluding steroid dienone is 1. The van der Waals surface area contributed by atoms with Crippen molar-refractivity contribution >= 4 is 0 Å². The lowest BCUT2D eigenvalue weighted by atomic mass is 9.98. The fourth-order valence-electron chi connectivity index (χ4n) is 1.66. The van der Waals surface area contributed by atoms with Crippen LogP contribution < -0.4 is 0 Å². The Morgan fingerprint density at radius 2 is 1.89 bits per heavy atom. The maximum absolute atomic E-state index is 9.43. The van der Waals surface area contributed by atoms with Gasteiger partial charge in [-0.15, -0.1) is 0 Å². The maximum Gasteiger partial charge on any atom is 0.191 e. The highest BCUT2D eigenvalue weighted by Crippen LogP contribution is 2.22. The highest BCUT2D eigenvalue weighted by molar-refractivity contribution is 5.46. The minimum absolute atomic E-state index is 0.0805. The standard InChI is InChI=1S/C14H12O4/c15-12-3-1-2-10(6-12)4-5-11-7-13(16)9-14(17,18)8-11/h1-3,6-7,9,15-18H,8H2. The number of benzene rings is 1. The van der Waals surface area contributed by atoms with Gasteiger partial charge in [0, 0.05) is 23.6 Å². The average molecular weight is 244 g/mol. The SMILES string of the molecule is OC1=CC(O)(O)CC(C#Cc2cccc(O)c2)=C1. The first-order valence-corrected chi connectivity index (χ1v) is 5.33. The van der Waals surface area contributed by atoms with Crippen molar-refractivity contribution in [3.63, 3.8) is 0 Å². The first-order chi connectivity index (χ1) is 8.44. The molecule has 0 saturated carbocycles. The van der Waals surface area contributed by atoms with E-state index in [0.29, 0.717) is 11.1 Å². The molecule has 0 unspecified atom stereocenters. The highest BCUT2D eigenvalue weighted by Gasteiger charge is 2.25. The third kappa shape index (κ3) is 3.14. The van der Waals surface area contributed by atoms with Crippen LogP contribution in [-0.2, 0) is 0 Å². The third-order valence-corrected chi connectivity index (χ3v) is 2.37. The van der Waals surface area contributed by atoms with E-state index in [1.807, 2.05) is 0 Å². The number of phenolic OH excluding ortho intramolecular Hbond substituents is 1. The molecule has 0 heterocycles. The summed E-state index contributed by atoms with van der Waals surface area (Å²) in [6, 6.07) is 6.41. The van der Waals surface area contributed by atoms with E-state index in [2.05, 4.69) is 11.8 Å². The Morgan fingerprint density at radius 3 is 2.56 bits per heavy atom. The lowest BCUT2D eigenvalue weighted by molar-refractivity contribution is -0.118. The summed E-state index contributed by atoms with van der Waals surface area (Å²) in [4.78, 5) is 0. The number of rotatable bonds is 0. The molecule has 18 heavy (non-hydrogen) atoms. The smallest absolute Gasteiger partial charge is 0.191 e. The lowest BCUT2D eigenvalue weighted by Crippen LogP contribution is -2.28. The van der Waals surface area contributed by atoms with Crippen molar-refractivity contribution in [1.82, 2.24) is 0 Å². The Hall–Kier alpha value is -2.22. The van der Waals surface area contributed by atoms with Crippen molar-refractivity contribution < 1.29 is 20.4 Å². The van der Waals surface area contributed by atoms with Gasteiger partial charge < -0.3 is 20.4 Å². The minimum Gasteiger partial charge on any atom is -0.508 e. The van der Waals surface area contributed by atoms with E-state index in [9.17, 15) is 20.4 Å². The van der Waals surface area contributed by atoms with Gasteiger partial charge in [-0.1, -0.05) is 17.9 Å². The second kappa shape index (κ2) is 4.57. The summed E-state index contributed by atoms with van der Waals surface area (Å²) in [5, 5.41) is 37.4. The van der Waals surface area contributed by atoms with Gasteiger partial charge in [-0.25, -0.2) is 0 Å². The summed E-state index contributed by atoms with van der Waals surface area (Å²) in [6.07, 6.45) is 2.25. The Labute approximate surface area is 104 Å². The van der Waals surface area contributed by atoms with Crippen molar-refractivity contribution in [3.8, 4) is 17.6 Å². The number of aromatic hydroxyl groups is 1. The number of aliphatic hydroxyl groups is 3. The maximum atomic E-state index is 9.43. The number of phenols is 1. The lowest BCUT2D eigenvalue weighted by Gasteiger charge is -2.20. The molecule has 0 atom stereocenters. The summed E-state index contributed by atoms with van der Waals surface area (Å²) in [7, 11) is 0. The quantitative estimate of drug-likeness (QED) is 0.408. The van der Waals surface area contributed by atoms with E-state index >= 15 is 0 Å². The van der Waals surface area contributed by atoms with Crippen LogP contribution in [0.3, 0.4) is 0 Å².